The minimum atomic E-state index is -0.572. The van der Waals surface area contributed by atoms with Gasteiger partial charge in [0.2, 0.25) is 0 Å². The highest BCUT2D eigenvalue weighted by atomic mass is 16.7. The minimum absolute atomic E-state index is 0.000670. The maximum Gasteiger partial charge on any atom is 0.160 e. The second-order valence-corrected chi connectivity index (χ2v) is 7.89. The fraction of sp³-hybridized carbons (Fsp3) is 0.762. The zero-order valence-electron chi connectivity index (χ0n) is 17.5. The Bertz CT molecular complexity index is 637. The molecular formula is C21H33NO7. The number of carbonyl (C=O) groups is 1. The number of aliphatic hydroxyl groups is 2. The lowest BCUT2D eigenvalue weighted by molar-refractivity contribution is -0.236. The van der Waals surface area contributed by atoms with E-state index in [-0.39, 0.29) is 54.9 Å². The molecule has 0 aromatic rings. The van der Waals surface area contributed by atoms with E-state index < -0.39 is 12.4 Å². The summed E-state index contributed by atoms with van der Waals surface area (Å²) >= 11 is 0. The third-order valence-corrected chi connectivity index (χ3v) is 6.05. The Balaban J connectivity index is 1.76. The molecule has 2 N–H and O–H groups in total. The molecule has 29 heavy (non-hydrogen) atoms. The number of nitrogens with zero attached hydrogens (tertiary/aromatic N) is 1. The van der Waals surface area contributed by atoms with Crippen molar-refractivity contribution in [1.29, 1.82) is 0 Å². The van der Waals surface area contributed by atoms with Crippen molar-refractivity contribution in [3.8, 4) is 0 Å². The highest BCUT2D eigenvalue weighted by Crippen LogP contribution is 2.38. The van der Waals surface area contributed by atoms with E-state index >= 15 is 0 Å². The molecule has 0 spiro atoms. The van der Waals surface area contributed by atoms with Crippen LogP contribution in [-0.4, -0.2) is 84.1 Å². The predicted molar refractivity (Wildman–Crippen MR) is 105 cm³/mol. The lowest BCUT2D eigenvalue weighted by Gasteiger charge is -2.41. The van der Waals surface area contributed by atoms with Crippen LogP contribution in [-0.2, 0) is 23.7 Å². The first-order chi connectivity index (χ1) is 13.9. The maximum absolute atomic E-state index is 11.0. The van der Waals surface area contributed by atoms with Gasteiger partial charge >= 0.3 is 0 Å². The Hall–Kier alpha value is -1.29. The Labute approximate surface area is 172 Å². The highest BCUT2D eigenvalue weighted by Gasteiger charge is 2.52. The van der Waals surface area contributed by atoms with E-state index in [0.717, 1.165) is 6.54 Å². The predicted octanol–water partition coefficient (Wildman–Crippen LogP) is 1.68. The fourth-order valence-electron chi connectivity index (χ4n) is 4.59. The summed E-state index contributed by atoms with van der Waals surface area (Å²) in [6.07, 6.45) is 0.501. The number of hydrogen-bond donors (Lipinski definition) is 2. The van der Waals surface area contributed by atoms with Gasteiger partial charge in [0.1, 0.15) is 18.1 Å². The van der Waals surface area contributed by atoms with E-state index in [9.17, 15) is 15.0 Å². The largest absolute Gasteiger partial charge is 0.507 e. The average Bonchev–Trinajstić information content (AvgIpc) is 3.08. The lowest BCUT2D eigenvalue weighted by Crippen LogP contribution is -2.54. The Morgan fingerprint density at radius 3 is 2.76 bits per heavy atom. The normalized spacial score (nSPS) is 36.7. The van der Waals surface area contributed by atoms with Gasteiger partial charge in [0.15, 0.2) is 12.6 Å². The van der Waals surface area contributed by atoms with Gasteiger partial charge in [0.05, 0.1) is 24.9 Å². The summed E-state index contributed by atoms with van der Waals surface area (Å²) in [7, 11) is 0. The quantitative estimate of drug-likeness (QED) is 0.269. The number of carbonyl (C=O) groups excluding carboxylic acids is 1. The number of aldehydes is 1. The van der Waals surface area contributed by atoms with E-state index in [2.05, 4.69) is 11.5 Å². The van der Waals surface area contributed by atoms with Crippen LogP contribution in [0.5, 0.6) is 0 Å². The average molecular weight is 411 g/mol. The molecule has 0 saturated carbocycles. The number of ether oxygens (including phenoxy) is 4. The van der Waals surface area contributed by atoms with Crippen molar-refractivity contribution < 1.29 is 34.0 Å². The van der Waals surface area contributed by atoms with Crippen LogP contribution in [0.25, 0.3) is 0 Å². The maximum atomic E-state index is 11.0. The molecule has 3 rings (SSSR count). The molecule has 3 heterocycles. The molecule has 0 aromatic carbocycles. The molecule has 3 fully saturated rings. The van der Waals surface area contributed by atoms with Gasteiger partial charge in [-0.25, -0.2) is 0 Å². The Kier molecular flexibility index (Phi) is 7.47. The standard InChI is InChI=1S/C21H33NO7/c1-5-15(19(25)12(2)11-24)17(6-8-23)28-18-10-16-20(13(3)27-18)29-21-14(4)26-9-7-22(16)21/h11,13-14,16-18,20-21,23,25H,2,5-10H2,1,3-4H3/b19-15-/t13?,14?,16?,17-,18-,20?,21?/m0/s1. The Morgan fingerprint density at radius 1 is 1.34 bits per heavy atom. The van der Waals surface area contributed by atoms with Gasteiger partial charge in [-0.15, -0.1) is 0 Å². The molecule has 3 saturated heterocycles. The number of morpholine rings is 1. The summed E-state index contributed by atoms with van der Waals surface area (Å²) < 4.78 is 24.3. The van der Waals surface area contributed by atoms with Crippen molar-refractivity contribution in [2.24, 2.45) is 0 Å². The fourth-order valence-corrected chi connectivity index (χ4v) is 4.59. The molecule has 0 aromatic heterocycles. The van der Waals surface area contributed by atoms with Crippen molar-refractivity contribution in [2.75, 3.05) is 19.8 Å². The molecule has 164 valence electrons. The molecule has 0 amide bonds. The monoisotopic (exact) mass is 411 g/mol. The van der Waals surface area contributed by atoms with E-state index in [1.165, 1.54) is 0 Å². The van der Waals surface area contributed by atoms with Crippen molar-refractivity contribution in [3.63, 3.8) is 0 Å². The van der Waals surface area contributed by atoms with Crippen LogP contribution in [0, 0.1) is 0 Å². The minimum Gasteiger partial charge on any atom is -0.507 e. The lowest BCUT2D eigenvalue weighted by atomic mass is 9.97. The first-order valence-electron chi connectivity index (χ1n) is 10.4. The summed E-state index contributed by atoms with van der Waals surface area (Å²) in [5.41, 5.74) is 0.538. The second kappa shape index (κ2) is 9.68. The van der Waals surface area contributed by atoms with E-state index in [4.69, 9.17) is 18.9 Å². The number of hydrogen-bond acceptors (Lipinski definition) is 8. The number of fused-ring (bicyclic) bond motifs is 3. The van der Waals surface area contributed by atoms with Crippen LogP contribution < -0.4 is 0 Å². The molecule has 8 nitrogen and oxygen atoms in total. The van der Waals surface area contributed by atoms with Crippen molar-refractivity contribution in [1.82, 2.24) is 4.90 Å². The molecule has 8 heteroatoms. The summed E-state index contributed by atoms with van der Waals surface area (Å²) in [5, 5.41) is 19.9. The van der Waals surface area contributed by atoms with Crippen LogP contribution in [0.1, 0.15) is 40.0 Å². The molecule has 0 aliphatic carbocycles. The van der Waals surface area contributed by atoms with E-state index in [1.54, 1.807) is 0 Å². The molecule has 3 aliphatic rings. The topological polar surface area (TPSA) is 97.7 Å². The molecular weight excluding hydrogens is 378 g/mol. The van der Waals surface area contributed by atoms with Crippen LogP contribution in [0.15, 0.2) is 23.5 Å². The summed E-state index contributed by atoms with van der Waals surface area (Å²) in [6.45, 7) is 10.8. The van der Waals surface area contributed by atoms with Crippen LogP contribution in [0.3, 0.4) is 0 Å². The van der Waals surface area contributed by atoms with Crippen LogP contribution in [0.4, 0.5) is 0 Å². The van der Waals surface area contributed by atoms with Gasteiger partial charge in [-0.3, -0.25) is 9.69 Å². The Morgan fingerprint density at radius 2 is 2.10 bits per heavy atom. The summed E-state index contributed by atoms with van der Waals surface area (Å²) in [5.74, 6) is -0.172. The number of allylic oxidation sites excluding steroid dienone is 1. The van der Waals surface area contributed by atoms with Gasteiger partial charge in [-0.2, -0.15) is 0 Å². The molecule has 0 radical (unpaired) electrons. The molecule has 0 bridgehead atoms. The van der Waals surface area contributed by atoms with Gasteiger partial charge < -0.3 is 29.2 Å². The number of rotatable bonds is 8. The summed E-state index contributed by atoms with van der Waals surface area (Å²) in [4.78, 5) is 13.4. The van der Waals surface area contributed by atoms with Crippen molar-refractivity contribution in [3.05, 3.63) is 23.5 Å². The third-order valence-electron chi connectivity index (χ3n) is 6.05. The number of aliphatic hydroxyl groups excluding tert-OH is 2. The van der Waals surface area contributed by atoms with Crippen molar-refractivity contribution >= 4 is 6.29 Å². The summed E-state index contributed by atoms with van der Waals surface area (Å²) in [6, 6.07) is 0.155. The van der Waals surface area contributed by atoms with Crippen LogP contribution >= 0.6 is 0 Å². The van der Waals surface area contributed by atoms with E-state index in [0.29, 0.717) is 31.3 Å². The third kappa shape index (κ3) is 4.57. The molecule has 7 atom stereocenters. The van der Waals surface area contributed by atoms with Gasteiger partial charge in [-0.05, 0) is 20.3 Å². The highest BCUT2D eigenvalue weighted by molar-refractivity contribution is 5.78. The van der Waals surface area contributed by atoms with Gasteiger partial charge in [-0.1, -0.05) is 13.5 Å². The van der Waals surface area contributed by atoms with Crippen molar-refractivity contribution in [2.45, 2.75) is 83.0 Å². The van der Waals surface area contributed by atoms with Gasteiger partial charge in [0.25, 0.3) is 0 Å². The first kappa shape index (κ1) is 22.4. The SMILES string of the molecule is C=C(C=O)/C(O)=C(\CC)[C@H](CCO)O[C@H]1CC2C(OC3C(C)OCCN23)C(C)O1. The first-order valence-corrected chi connectivity index (χ1v) is 10.4. The van der Waals surface area contributed by atoms with Gasteiger partial charge in [0, 0.05) is 43.2 Å². The zero-order valence-corrected chi connectivity index (χ0v) is 17.5. The second-order valence-electron chi connectivity index (χ2n) is 7.89. The molecule has 3 aliphatic heterocycles. The van der Waals surface area contributed by atoms with Crippen LogP contribution in [0.2, 0.25) is 0 Å². The van der Waals surface area contributed by atoms with E-state index in [1.807, 2.05) is 20.8 Å². The molecule has 5 unspecified atom stereocenters. The zero-order chi connectivity index (χ0) is 21.1. The smallest absolute Gasteiger partial charge is 0.160 e.